The Hall–Kier alpha value is -1.33. The lowest BCUT2D eigenvalue weighted by Crippen LogP contribution is -2.30. The van der Waals surface area contributed by atoms with Crippen molar-refractivity contribution in [2.24, 2.45) is 0 Å². The van der Waals surface area contributed by atoms with Crippen LogP contribution in [0.25, 0.3) is 0 Å². The van der Waals surface area contributed by atoms with Gasteiger partial charge in [-0.1, -0.05) is 0 Å². The second kappa shape index (κ2) is 5.34. The lowest BCUT2D eigenvalue weighted by atomic mass is 10.3. The third-order valence-corrected chi connectivity index (χ3v) is 0.975. The van der Waals surface area contributed by atoms with Crippen LogP contribution in [0.4, 0.5) is 0 Å². The van der Waals surface area contributed by atoms with Crippen molar-refractivity contribution in [3.05, 3.63) is 10.1 Å². The average Bonchev–Trinajstić information content (AvgIpc) is 1.84. The van der Waals surface area contributed by atoms with Gasteiger partial charge in [0.25, 0.3) is 5.09 Å². The molecule has 6 heteroatoms. The molecule has 1 N–H and O–H groups in total. The van der Waals surface area contributed by atoms with E-state index in [0.717, 1.165) is 0 Å². The van der Waals surface area contributed by atoms with Crippen LogP contribution in [0.3, 0.4) is 0 Å². The van der Waals surface area contributed by atoms with Crippen molar-refractivity contribution in [3.8, 4) is 0 Å². The second-order valence-corrected chi connectivity index (χ2v) is 2.53. The van der Waals surface area contributed by atoms with Crippen LogP contribution in [-0.2, 0) is 9.63 Å². The van der Waals surface area contributed by atoms with E-state index in [2.05, 4.69) is 10.2 Å². The van der Waals surface area contributed by atoms with E-state index in [4.69, 9.17) is 0 Å². The molecule has 12 heavy (non-hydrogen) atoms. The molecule has 70 valence electrons. The van der Waals surface area contributed by atoms with Crippen molar-refractivity contribution >= 4 is 5.91 Å². The monoisotopic (exact) mass is 176 g/mol. The molecule has 0 radical (unpaired) electrons. The second-order valence-electron chi connectivity index (χ2n) is 2.53. The number of hydrogen-bond acceptors (Lipinski definition) is 4. The summed E-state index contributed by atoms with van der Waals surface area (Å²) in [7, 11) is 0. The summed E-state index contributed by atoms with van der Waals surface area (Å²) < 4.78 is 0. The molecule has 1 amide bonds. The fourth-order valence-corrected chi connectivity index (χ4v) is 0.607. The number of hydrogen-bond donors (Lipinski definition) is 1. The van der Waals surface area contributed by atoms with Gasteiger partial charge in [-0.05, 0) is 13.8 Å². The first-order chi connectivity index (χ1) is 5.52. The number of nitrogens with one attached hydrogen (secondary N) is 1. The highest BCUT2D eigenvalue weighted by atomic mass is 16.9. The summed E-state index contributed by atoms with van der Waals surface area (Å²) in [5, 5.41) is 11.3. The molecule has 0 aliphatic heterocycles. The summed E-state index contributed by atoms with van der Waals surface area (Å²) in [4.78, 5) is 24.4. The minimum atomic E-state index is -0.914. The first kappa shape index (κ1) is 10.7. The fraction of sp³-hybridized carbons (Fsp3) is 0.833. The molecule has 0 heterocycles. The van der Waals surface area contributed by atoms with E-state index in [1.54, 1.807) is 0 Å². The van der Waals surface area contributed by atoms with Gasteiger partial charge >= 0.3 is 0 Å². The maximum atomic E-state index is 10.8. The van der Waals surface area contributed by atoms with Gasteiger partial charge in [-0.15, -0.1) is 10.1 Å². The molecule has 0 aliphatic rings. The largest absolute Gasteiger partial charge is 0.354 e. The molecular weight excluding hydrogens is 164 g/mol. The highest BCUT2D eigenvalue weighted by Crippen LogP contribution is 1.85. The minimum absolute atomic E-state index is 0.0131. The Labute approximate surface area is 70.0 Å². The van der Waals surface area contributed by atoms with Gasteiger partial charge in [0.05, 0.1) is 6.42 Å². The summed E-state index contributed by atoms with van der Waals surface area (Å²) >= 11 is 0. The summed E-state index contributed by atoms with van der Waals surface area (Å²) in [5.41, 5.74) is 0. The molecule has 6 nitrogen and oxygen atoms in total. The Morgan fingerprint density at radius 3 is 2.67 bits per heavy atom. The fourth-order valence-electron chi connectivity index (χ4n) is 0.607. The zero-order valence-electron chi connectivity index (χ0n) is 7.07. The van der Waals surface area contributed by atoms with Crippen molar-refractivity contribution in [2.45, 2.75) is 26.3 Å². The van der Waals surface area contributed by atoms with E-state index in [-0.39, 0.29) is 25.0 Å². The highest BCUT2D eigenvalue weighted by molar-refractivity contribution is 5.76. The van der Waals surface area contributed by atoms with Crippen LogP contribution in [0.2, 0.25) is 0 Å². The van der Waals surface area contributed by atoms with Crippen LogP contribution in [-0.4, -0.2) is 23.6 Å². The van der Waals surface area contributed by atoms with E-state index in [9.17, 15) is 14.9 Å². The molecule has 0 aliphatic carbocycles. The first-order valence-corrected chi connectivity index (χ1v) is 3.59. The van der Waals surface area contributed by atoms with Crippen LogP contribution < -0.4 is 5.32 Å². The van der Waals surface area contributed by atoms with Gasteiger partial charge < -0.3 is 10.2 Å². The summed E-state index contributed by atoms with van der Waals surface area (Å²) in [6, 6.07) is 0.0492. The average molecular weight is 176 g/mol. The van der Waals surface area contributed by atoms with Gasteiger partial charge in [0.15, 0.2) is 0 Å². The predicted octanol–water partition coefficient (Wildman–Crippen LogP) is 0.109. The van der Waals surface area contributed by atoms with Crippen LogP contribution >= 0.6 is 0 Å². The molecule has 0 aromatic carbocycles. The maximum absolute atomic E-state index is 10.8. The van der Waals surface area contributed by atoms with Crippen molar-refractivity contribution in [1.29, 1.82) is 0 Å². The number of rotatable bonds is 5. The molecule has 0 atom stereocenters. The highest BCUT2D eigenvalue weighted by Gasteiger charge is 2.03. The third-order valence-electron chi connectivity index (χ3n) is 0.975. The van der Waals surface area contributed by atoms with Gasteiger partial charge in [0.2, 0.25) is 5.91 Å². The quantitative estimate of drug-likeness (QED) is 0.476. The van der Waals surface area contributed by atoms with Gasteiger partial charge in [0, 0.05) is 6.04 Å². The predicted molar refractivity (Wildman–Crippen MR) is 40.8 cm³/mol. The molecule has 0 aromatic rings. The van der Waals surface area contributed by atoms with Crippen LogP contribution in [0.5, 0.6) is 0 Å². The van der Waals surface area contributed by atoms with Crippen LogP contribution in [0, 0.1) is 10.1 Å². The van der Waals surface area contributed by atoms with Gasteiger partial charge in [0.1, 0.15) is 6.61 Å². The number of carbonyl (C=O) groups excluding carboxylic acids is 1. The van der Waals surface area contributed by atoms with Crippen molar-refractivity contribution in [1.82, 2.24) is 5.32 Å². The SMILES string of the molecule is CC(C)NC(=O)CCO[N+](=O)[O-]. The van der Waals surface area contributed by atoms with Crippen molar-refractivity contribution < 1.29 is 14.7 Å². The molecule has 0 bridgehead atoms. The molecule has 0 saturated carbocycles. The van der Waals surface area contributed by atoms with E-state index in [1.807, 2.05) is 13.8 Å². The number of amides is 1. The molecule has 0 unspecified atom stereocenters. The topological polar surface area (TPSA) is 81.5 Å². The van der Waals surface area contributed by atoms with E-state index in [1.165, 1.54) is 0 Å². The number of nitrogens with zero attached hydrogens (tertiary/aromatic N) is 1. The van der Waals surface area contributed by atoms with E-state index in [0.29, 0.717) is 0 Å². The lowest BCUT2D eigenvalue weighted by molar-refractivity contribution is -0.757. The molecule has 0 aromatic heterocycles. The van der Waals surface area contributed by atoms with Gasteiger partial charge in [-0.2, -0.15) is 0 Å². The third kappa shape index (κ3) is 6.79. The molecule has 0 rings (SSSR count). The van der Waals surface area contributed by atoms with E-state index < -0.39 is 5.09 Å². The van der Waals surface area contributed by atoms with Crippen LogP contribution in [0.15, 0.2) is 0 Å². The summed E-state index contributed by atoms with van der Waals surface area (Å²) in [5.74, 6) is -0.244. The van der Waals surface area contributed by atoms with E-state index >= 15 is 0 Å². The normalized spacial score (nSPS) is 9.58. The Morgan fingerprint density at radius 2 is 2.25 bits per heavy atom. The zero-order valence-corrected chi connectivity index (χ0v) is 7.07. The van der Waals surface area contributed by atoms with Gasteiger partial charge in [-0.3, -0.25) is 4.79 Å². The maximum Gasteiger partial charge on any atom is 0.294 e. The smallest absolute Gasteiger partial charge is 0.294 e. The molecule has 0 saturated heterocycles. The Bertz CT molecular complexity index is 169. The molecule has 0 spiro atoms. The standard InChI is InChI=1S/C6H12N2O4/c1-5(2)7-6(9)3-4-12-8(10)11/h5H,3-4H2,1-2H3,(H,7,9). The zero-order chi connectivity index (χ0) is 9.56. The Balaban J connectivity index is 3.38. The minimum Gasteiger partial charge on any atom is -0.354 e. The number of carbonyl (C=O) groups is 1. The Kier molecular flexibility index (Phi) is 4.75. The van der Waals surface area contributed by atoms with Crippen LogP contribution in [0.1, 0.15) is 20.3 Å². The first-order valence-electron chi connectivity index (χ1n) is 3.59. The van der Waals surface area contributed by atoms with Crippen molar-refractivity contribution in [3.63, 3.8) is 0 Å². The van der Waals surface area contributed by atoms with Crippen molar-refractivity contribution in [2.75, 3.05) is 6.61 Å². The molecular formula is C6H12N2O4. The summed E-state index contributed by atoms with van der Waals surface area (Å²) in [6.45, 7) is 3.43. The summed E-state index contributed by atoms with van der Waals surface area (Å²) in [6.07, 6.45) is 0.0131. The lowest BCUT2D eigenvalue weighted by Gasteiger charge is -2.06. The Morgan fingerprint density at radius 1 is 1.67 bits per heavy atom. The van der Waals surface area contributed by atoms with Gasteiger partial charge in [-0.25, -0.2) is 0 Å². The molecule has 0 fully saturated rings.